The van der Waals surface area contributed by atoms with E-state index in [-0.39, 0.29) is 11.5 Å². The van der Waals surface area contributed by atoms with Crippen molar-refractivity contribution in [2.45, 2.75) is 0 Å². The second-order valence-corrected chi connectivity index (χ2v) is 2.38. The van der Waals surface area contributed by atoms with Crippen LogP contribution in [-0.2, 0) is 14.1 Å². The van der Waals surface area contributed by atoms with Crippen LogP contribution < -0.4 is 11.4 Å². The molecule has 0 spiro atoms. The van der Waals surface area contributed by atoms with Gasteiger partial charge in [-0.1, -0.05) is 0 Å². The summed E-state index contributed by atoms with van der Waals surface area (Å²) in [7, 11) is 3.20. The molecule has 5 nitrogen and oxygen atoms in total. The molecule has 0 aromatic carbocycles. The summed E-state index contributed by atoms with van der Waals surface area (Å²) in [5.41, 5.74) is 5.48. The zero-order valence-corrected chi connectivity index (χ0v) is 6.46. The topological polar surface area (TPSA) is 76.8 Å². The minimum atomic E-state index is -0.171. The minimum Gasteiger partial charge on any atom is -0.382 e. The van der Waals surface area contributed by atoms with Crippen molar-refractivity contribution in [3.05, 3.63) is 22.4 Å². The molecule has 1 aromatic rings. The first-order valence-electron chi connectivity index (χ1n) is 3.10. The molecule has 0 fully saturated rings. The van der Waals surface area contributed by atoms with Crippen LogP contribution in [0.1, 0.15) is 5.69 Å². The smallest absolute Gasteiger partial charge is 0.328 e. The Bertz CT molecular complexity index is 346. The molecule has 0 atom stereocenters. The summed E-state index contributed by atoms with van der Waals surface area (Å²) in [6, 6.07) is 0. The van der Waals surface area contributed by atoms with Crippen LogP contribution in [0.15, 0.2) is 11.0 Å². The number of nitrogens with two attached hydrogens (primary N) is 1. The van der Waals surface area contributed by atoms with E-state index < -0.39 is 0 Å². The van der Waals surface area contributed by atoms with Gasteiger partial charge in [-0.25, -0.2) is 4.79 Å². The zero-order chi connectivity index (χ0) is 8.59. The molecule has 5 heteroatoms. The number of aryl methyl sites for hydroxylation is 1. The third-order valence-electron chi connectivity index (χ3n) is 1.54. The molecule has 60 valence electrons. The number of nitrogen functional groups attached to an aromatic ring is 1. The molecule has 1 aromatic heterocycles. The summed E-state index contributed by atoms with van der Waals surface area (Å²) in [6.07, 6.45) is 1.53. The highest BCUT2D eigenvalue weighted by Gasteiger charge is 2.06. The Labute approximate surface area is 63.6 Å². The van der Waals surface area contributed by atoms with Gasteiger partial charge in [0.15, 0.2) is 0 Å². The van der Waals surface area contributed by atoms with Gasteiger partial charge in [0.2, 0.25) is 0 Å². The third-order valence-corrected chi connectivity index (χ3v) is 1.54. The molecule has 1 heterocycles. The maximum atomic E-state index is 11.1. The lowest BCUT2D eigenvalue weighted by molar-refractivity contribution is 0.772. The highest BCUT2D eigenvalue weighted by molar-refractivity contribution is 5.93. The van der Waals surface area contributed by atoms with E-state index in [0.717, 1.165) is 0 Å². The van der Waals surface area contributed by atoms with Crippen LogP contribution in [0.2, 0.25) is 0 Å². The molecule has 0 aliphatic heterocycles. The summed E-state index contributed by atoms with van der Waals surface area (Å²) in [6.45, 7) is 0. The van der Waals surface area contributed by atoms with E-state index in [1.165, 1.54) is 15.3 Å². The highest BCUT2D eigenvalue weighted by Crippen LogP contribution is 1.90. The summed E-state index contributed by atoms with van der Waals surface area (Å²) in [4.78, 5) is 11.1. The molecule has 11 heavy (non-hydrogen) atoms. The molecular weight excluding hydrogens is 144 g/mol. The average molecular weight is 154 g/mol. The standard InChI is InChI=1S/C6H10N4O/c1-9-3-4(5(7)8)10(2)6(9)11/h3H,1-2H3,(H3,7,8). The lowest BCUT2D eigenvalue weighted by Crippen LogP contribution is -2.23. The van der Waals surface area contributed by atoms with Gasteiger partial charge < -0.3 is 10.3 Å². The average Bonchev–Trinajstić information content (AvgIpc) is 2.17. The van der Waals surface area contributed by atoms with Crippen LogP contribution in [0, 0.1) is 5.41 Å². The quantitative estimate of drug-likeness (QED) is 0.402. The van der Waals surface area contributed by atoms with E-state index in [0.29, 0.717) is 5.69 Å². The van der Waals surface area contributed by atoms with Crippen LogP contribution in [0.25, 0.3) is 0 Å². The lowest BCUT2D eigenvalue weighted by Gasteiger charge is -1.94. The van der Waals surface area contributed by atoms with Crippen LogP contribution in [-0.4, -0.2) is 15.0 Å². The Morgan fingerprint density at radius 1 is 1.64 bits per heavy atom. The fourth-order valence-corrected chi connectivity index (χ4v) is 0.915. The Kier molecular flexibility index (Phi) is 1.56. The number of nitrogens with one attached hydrogen (secondary N) is 1. The van der Waals surface area contributed by atoms with Gasteiger partial charge in [0.1, 0.15) is 11.5 Å². The monoisotopic (exact) mass is 154 g/mol. The van der Waals surface area contributed by atoms with Gasteiger partial charge in [-0.2, -0.15) is 0 Å². The van der Waals surface area contributed by atoms with E-state index in [1.807, 2.05) is 0 Å². The van der Waals surface area contributed by atoms with E-state index in [9.17, 15) is 4.79 Å². The number of imidazole rings is 1. The van der Waals surface area contributed by atoms with Crippen LogP contribution >= 0.6 is 0 Å². The molecule has 3 N–H and O–H groups in total. The van der Waals surface area contributed by atoms with Gasteiger partial charge in [-0.3, -0.25) is 9.98 Å². The first-order chi connectivity index (χ1) is 5.04. The molecule has 0 saturated heterocycles. The largest absolute Gasteiger partial charge is 0.382 e. The Morgan fingerprint density at radius 2 is 2.18 bits per heavy atom. The van der Waals surface area contributed by atoms with Crippen molar-refractivity contribution in [1.82, 2.24) is 9.13 Å². The molecule has 0 unspecified atom stereocenters. The van der Waals surface area contributed by atoms with Gasteiger partial charge in [-0.15, -0.1) is 0 Å². The van der Waals surface area contributed by atoms with Crippen molar-refractivity contribution in [3.8, 4) is 0 Å². The van der Waals surface area contributed by atoms with E-state index in [2.05, 4.69) is 0 Å². The molecule has 0 amide bonds. The first-order valence-corrected chi connectivity index (χ1v) is 3.10. The SMILES string of the molecule is Cn1cc(C(=N)N)n(C)c1=O. The summed E-state index contributed by atoms with van der Waals surface area (Å²) >= 11 is 0. The van der Waals surface area contributed by atoms with Crippen LogP contribution in [0.4, 0.5) is 0 Å². The molecule has 0 radical (unpaired) electrons. The van der Waals surface area contributed by atoms with Gasteiger partial charge in [0.05, 0.1) is 0 Å². The van der Waals surface area contributed by atoms with Crippen molar-refractivity contribution in [3.63, 3.8) is 0 Å². The normalized spacial score (nSPS) is 10.0. The molecule has 1 rings (SSSR count). The maximum absolute atomic E-state index is 11.1. The van der Waals surface area contributed by atoms with E-state index in [1.54, 1.807) is 14.1 Å². The lowest BCUT2D eigenvalue weighted by atomic mass is 10.4. The fraction of sp³-hybridized carbons (Fsp3) is 0.333. The van der Waals surface area contributed by atoms with Crippen molar-refractivity contribution < 1.29 is 0 Å². The van der Waals surface area contributed by atoms with Gasteiger partial charge >= 0.3 is 5.69 Å². The van der Waals surface area contributed by atoms with Crippen molar-refractivity contribution in [1.29, 1.82) is 5.41 Å². The number of rotatable bonds is 1. The van der Waals surface area contributed by atoms with Crippen LogP contribution in [0.5, 0.6) is 0 Å². The summed E-state index contributed by atoms with van der Waals surface area (Å²) < 4.78 is 2.72. The zero-order valence-electron chi connectivity index (χ0n) is 6.46. The molecule has 0 bridgehead atoms. The number of nitrogens with zero attached hydrogens (tertiary/aromatic N) is 2. The highest BCUT2D eigenvalue weighted by atomic mass is 16.1. The Morgan fingerprint density at radius 3 is 2.36 bits per heavy atom. The molecule has 0 aliphatic carbocycles. The predicted molar refractivity (Wildman–Crippen MR) is 41.7 cm³/mol. The molecule has 0 aliphatic rings. The summed E-state index contributed by atoms with van der Waals surface area (Å²) in [5, 5.41) is 7.09. The van der Waals surface area contributed by atoms with E-state index in [4.69, 9.17) is 11.1 Å². The number of hydrogen-bond acceptors (Lipinski definition) is 2. The fourth-order valence-electron chi connectivity index (χ4n) is 0.915. The molecule has 0 saturated carbocycles. The van der Waals surface area contributed by atoms with Crippen molar-refractivity contribution in [2.24, 2.45) is 19.8 Å². The van der Waals surface area contributed by atoms with Crippen molar-refractivity contribution in [2.75, 3.05) is 0 Å². The van der Waals surface area contributed by atoms with Gasteiger partial charge in [0, 0.05) is 20.3 Å². The number of amidine groups is 1. The maximum Gasteiger partial charge on any atom is 0.328 e. The number of hydrogen-bond donors (Lipinski definition) is 2. The minimum absolute atomic E-state index is 0.0924. The van der Waals surface area contributed by atoms with Gasteiger partial charge in [-0.05, 0) is 0 Å². The van der Waals surface area contributed by atoms with E-state index >= 15 is 0 Å². The number of aromatic nitrogens is 2. The van der Waals surface area contributed by atoms with Crippen LogP contribution in [0.3, 0.4) is 0 Å². The van der Waals surface area contributed by atoms with Crippen molar-refractivity contribution >= 4 is 5.84 Å². The predicted octanol–water partition coefficient (Wildman–Crippen LogP) is -0.992. The summed E-state index contributed by atoms with van der Waals surface area (Å²) in [5.74, 6) is -0.0924. The molecular formula is C6H10N4O. The first kappa shape index (κ1) is 7.59. The Hall–Kier alpha value is -1.52. The van der Waals surface area contributed by atoms with Gasteiger partial charge in [0.25, 0.3) is 0 Å². The second kappa shape index (κ2) is 2.26. The Balaban J connectivity index is 3.42. The second-order valence-electron chi connectivity index (χ2n) is 2.38. The third kappa shape index (κ3) is 1.04.